The van der Waals surface area contributed by atoms with Crippen LogP contribution in [0.15, 0.2) is 54.6 Å². The lowest BCUT2D eigenvalue weighted by atomic mass is 9.84. The molecule has 1 unspecified atom stereocenters. The van der Waals surface area contributed by atoms with Crippen molar-refractivity contribution in [1.29, 1.82) is 0 Å². The Labute approximate surface area is 162 Å². The van der Waals surface area contributed by atoms with Crippen LogP contribution in [0, 0.1) is 0 Å². The summed E-state index contributed by atoms with van der Waals surface area (Å²) in [6.07, 6.45) is 3.19. The lowest BCUT2D eigenvalue weighted by Crippen LogP contribution is -2.45. The van der Waals surface area contributed by atoms with E-state index in [9.17, 15) is 0 Å². The second-order valence-corrected chi connectivity index (χ2v) is 7.42. The van der Waals surface area contributed by atoms with Crippen LogP contribution in [-0.2, 0) is 10.3 Å². The minimum absolute atomic E-state index is 0.129. The maximum atomic E-state index is 6.27. The number of hydrogen-bond acceptors (Lipinski definition) is 4. The van der Waals surface area contributed by atoms with E-state index in [1.54, 1.807) is 0 Å². The van der Waals surface area contributed by atoms with Crippen molar-refractivity contribution >= 4 is 0 Å². The van der Waals surface area contributed by atoms with Gasteiger partial charge in [-0.2, -0.15) is 0 Å². The summed E-state index contributed by atoms with van der Waals surface area (Å²) in [6.45, 7) is 6.62. The topological polar surface area (TPSA) is 30.9 Å². The highest BCUT2D eigenvalue weighted by Gasteiger charge is 2.37. The quantitative estimate of drug-likeness (QED) is 0.764. The molecule has 1 saturated heterocycles. The predicted octanol–water partition coefficient (Wildman–Crippen LogP) is 4.24. The van der Waals surface area contributed by atoms with Crippen molar-refractivity contribution in [3.05, 3.63) is 60.2 Å². The van der Waals surface area contributed by atoms with Crippen molar-refractivity contribution in [3.8, 4) is 11.5 Å². The van der Waals surface area contributed by atoms with E-state index in [0.29, 0.717) is 6.61 Å². The summed E-state index contributed by atoms with van der Waals surface area (Å²) < 4.78 is 18.2. The van der Waals surface area contributed by atoms with E-state index in [1.165, 1.54) is 5.56 Å². The maximum absolute atomic E-state index is 6.27. The maximum Gasteiger partial charge on any atom is 0.161 e. The Bertz CT molecular complexity index is 725. The fourth-order valence-corrected chi connectivity index (χ4v) is 4.20. The SMILES string of the molecule is CCOC1(c2ccccc2)CCN(CCC2COc3ccccc3O2)CC1. The summed E-state index contributed by atoms with van der Waals surface area (Å²) in [4.78, 5) is 2.53. The summed E-state index contributed by atoms with van der Waals surface area (Å²) in [7, 11) is 0. The summed E-state index contributed by atoms with van der Waals surface area (Å²) >= 11 is 0. The van der Waals surface area contributed by atoms with Gasteiger partial charge in [0, 0.05) is 32.7 Å². The Morgan fingerprint density at radius 1 is 1.00 bits per heavy atom. The molecule has 0 saturated carbocycles. The van der Waals surface area contributed by atoms with Crippen LogP contribution in [0.5, 0.6) is 11.5 Å². The number of ether oxygens (including phenoxy) is 3. The molecule has 0 bridgehead atoms. The van der Waals surface area contributed by atoms with Gasteiger partial charge in [-0.05, 0) is 37.5 Å². The van der Waals surface area contributed by atoms with Gasteiger partial charge in [0.25, 0.3) is 0 Å². The van der Waals surface area contributed by atoms with Crippen molar-refractivity contribution in [2.24, 2.45) is 0 Å². The minimum atomic E-state index is -0.129. The molecule has 2 aliphatic heterocycles. The number of likely N-dealkylation sites (tertiary alicyclic amines) is 1. The molecule has 2 heterocycles. The number of fused-ring (bicyclic) bond motifs is 1. The van der Waals surface area contributed by atoms with Crippen molar-refractivity contribution in [1.82, 2.24) is 4.90 Å². The van der Waals surface area contributed by atoms with Crippen LogP contribution >= 0.6 is 0 Å². The molecule has 144 valence electrons. The van der Waals surface area contributed by atoms with Crippen molar-refractivity contribution in [2.75, 3.05) is 32.8 Å². The van der Waals surface area contributed by atoms with Gasteiger partial charge in [-0.25, -0.2) is 0 Å². The highest BCUT2D eigenvalue weighted by atomic mass is 16.6. The second-order valence-electron chi connectivity index (χ2n) is 7.42. The van der Waals surface area contributed by atoms with Crippen LogP contribution in [-0.4, -0.2) is 43.9 Å². The van der Waals surface area contributed by atoms with Crippen LogP contribution in [0.3, 0.4) is 0 Å². The zero-order valence-electron chi connectivity index (χ0n) is 16.1. The largest absolute Gasteiger partial charge is 0.486 e. The Morgan fingerprint density at radius 2 is 1.70 bits per heavy atom. The summed E-state index contributed by atoms with van der Waals surface area (Å²) in [6, 6.07) is 18.6. The van der Waals surface area contributed by atoms with Gasteiger partial charge in [0.15, 0.2) is 11.5 Å². The monoisotopic (exact) mass is 367 g/mol. The molecular weight excluding hydrogens is 338 g/mol. The van der Waals surface area contributed by atoms with Crippen LogP contribution < -0.4 is 9.47 Å². The molecule has 27 heavy (non-hydrogen) atoms. The predicted molar refractivity (Wildman–Crippen MR) is 106 cm³/mol. The van der Waals surface area contributed by atoms with Crippen molar-refractivity contribution < 1.29 is 14.2 Å². The molecule has 2 aliphatic rings. The smallest absolute Gasteiger partial charge is 0.161 e. The molecule has 0 amide bonds. The van der Waals surface area contributed by atoms with Gasteiger partial charge in [0.2, 0.25) is 0 Å². The average Bonchev–Trinajstić information content (AvgIpc) is 2.74. The van der Waals surface area contributed by atoms with Gasteiger partial charge in [-0.15, -0.1) is 0 Å². The fourth-order valence-electron chi connectivity index (χ4n) is 4.20. The zero-order valence-corrected chi connectivity index (χ0v) is 16.1. The fraction of sp³-hybridized carbons (Fsp3) is 0.478. The van der Waals surface area contributed by atoms with E-state index in [-0.39, 0.29) is 11.7 Å². The van der Waals surface area contributed by atoms with Gasteiger partial charge < -0.3 is 19.1 Å². The Balaban J connectivity index is 1.30. The van der Waals surface area contributed by atoms with Crippen molar-refractivity contribution in [3.63, 3.8) is 0 Å². The number of benzene rings is 2. The molecule has 0 aliphatic carbocycles. The highest BCUT2D eigenvalue weighted by Crippen LogP contribution is 2.37. The molecule has 1 fully saturated rings. The zero-order chi connectivity index (χ0) is 18.5. The second kappa shape index (κ2) is 8.32. The summed E-state index contributed by atoms with van der Waals surface area (Å²) in [5.74, 6) is 1.72. The molecule has 4 nitrogen and oxygen atoms in total. The molecule has 4 heteroatoms. The molecular formula is C23H29NO3. The molecule has 0 N–H and O–H groups in total. The molecule has 0 aromatic heterocycles. The van der Waals surface area contributed by atoms with E-state index in [0.717, 1.165) is 57.0 Å². The molecule has 2 aromatic rings. The van der Waals surface area contributed by atoms with Crippen molar-refractivity contribution in [2.45, 2.75) is 37.9 Å². The molecule has 2 aromatic carbocycles. The van der Waals surface area contributed by atoms with Crippen LogP contribution in [0.4, 0.5) is 0 Å². The first kappa shape index (κ1) is 18.3. The molecule has 0 radical (unpaired) electrons. The normalized spacial score (nSPS) is 21.7. The first-order chi connectivity index (χ1) is 13.3. The highest BCUT2D eigenvalue weighted by molar-refractivity contribution is 5.40. The number of para-hydroxylation sites is 2. The van der Waals surface area contributed by atoms with E-state index in [1.807, 2.05) is 24.3 Å². The summed E-state index contributed by atoms with van der Waals surface area (Å²) in [5.41, 5.74) is 1.18. The van der Waals surface area contributed by atoms with E-state index in [2.05, 4.69) is 42.2 Å². The Hall–Kier alpha value is -2.04. The average molecular weight is 367 g/mol. The van der Waals surface area contributed by atoms with Gasteiger partial charge in [0.05, 0.1) is 5.60 Å². The third-order valence-corrected chi connectivity index (χ3v) is 5.72. The first-order valence-corrected chi connectivity index (χ1v) is 10.1. The molecule has 0 spiro atoms. The standard InChI is InChI=1S/C23H29NO3/c1-2-26-23(19-8-4-3-5-9-19)13-16-24(17-14-23)15-12-20-18-25-21-10-6-7-11-22(21)27-20/h3-11,20H,2,12-18H2,1H3. The lowest BCUT2D eigenvalue weighted by Gasteiger charge is -2.42. The van der Waals surface area contributed by atoms with E-state index < -0.39 is 0 Å². The van der Waals surface area contributed by atoms with Crippen LogP contribution in [0.2, 0.25) is 0 Å². The van der Waals surface area contributed by atoms with Crippen LogP contribution in [0.25, 0.3) is 0 Å². The molecule has 4 rings (SSSR count). The number of nitrogens with zero attached hydrogens (tertiary/aromatic N) is 1. The molecule has 1 atom stereocenters. The number of piperidine rings is 1. The third-order valence-electron chi connectivity index (χ3n) is 5.72. The third kappa shape index (κ3) is 4.12. The van der Waals surface area contributed by atoms with E-state index >= 15 is 0 Å². The first-order valence-electron chi connectivity index (χ1n) is 10.1. The lowest BCUT2D eigenvalue weighted by molar-refractivity contribution is -0.0860. The van der Waals surface area contributed by atoms with Gasteiger partial charge in [-0.1, -0.05) is 42.5 Å². The number of hydrogen-bond donors (Lipinski definition) is 0. The summed E-state index contributed by atoms with van der Waals surface area (Å²) in [5, 5.41) is 0. The van der Waals surface area contributed by atoms with Gasteiger partial charge in [-0.3, -0.25) is 0 Å². The van der Waals surface area contributed by atoms with Gasteiger partial charge >= 0.3 is 0 Å². The van der Waals surface area contributed by atoms with Crippen LogP contribution in [0.1, 0.15) is 31.7 Å². The van der Waals surface area contributed by atoms with E-state index in [4.69, 9.17) is 14.2 Å². The van der Waals surface area contributed by atoms with Gasteiger partial charge in [0.1, 0.15) is 12.7 Å². The number of rotatable bonds is 6. The Kier molecular flexibility index (Phi) is 5.65. The minimum Gasteiger partial charge on any atom is -0.486 e. The Morgan fingerprint density at radius 3 is 2.44 bits per heavy atom.